The normalized spacial score (nSPS) is 12.0. The molecule has 0 aliphatic heterocycles. The minimum absolute atomic E-state index is 0.483. The van der Waals surface area contributed by atoms with Crippen molar-refractivity contribution in [2.75, 3.05) is 6.54 Å². The van der Waals surface area contributed by atoms with Crippen LogP contribution in [0, 0.1) is 0 Å². The van der Waals surface area contributed by atoms with E-state index < -0.39 is 12.7 Å². The van der Waals surface area contributed by atoms with Crippen LogP contribution < -0.4 is 5.32 Å². The van der Waals surface area contributed by atoms with E-state index in [2.05, 4.69) is 5.32 Å². The van der Waals surface area contributed by atoms with E-state index in [9.17, 15) is 13.2 Å². The molecule has 0 saturated carbocycles. The van der Waals surface area contributed by atoms with Crippen LogP contribution in [0.25, 0.3) is 0 Å². The Balaban J connectivity index is 2.53. The highest BCUT2D eigenvalue weighted by molar-refractivity contribution is 5.07. The van der Waals surface area contributed by atoms with Crippen LogP contribution >= 0.6 is 0 Å². The Bertz CT molecular complexity index is 291. The van der Waals surface area contributed by atoms with Gasteiger partial charge >= 0.3 is 6.18 Å². The fourth-order valence-corrected chi connectivity index (χ4v) is 1.35. The van der Waals surface area contributed by atoms with Crippen LogP contribution in [0.2, 0.25) is 0 Å². The van der Waals surface area contributed by atoms with Crippen molar-refractivity contribution >= 4 is 0 Å². The average molecular weight is 220 g/mol. The van der Waals surface area contributed by atoms with Gasteiger partial charge in [0.1, 0.15) is 6.54 Å². The summed E-state index contributed by atoms with van der Waals surface area (Å²) in [5.41, 5.74) is 0.667. The predicted molar refractivity (Wildman–Crippen MR) is 52.5 cm³/mol. The number of rotatable bonds is 5. The molecule has 0 aliphatic rings. The topological polar surface area (TPSA) is 17.0 Å². The summed E-state index contributed by atoms with van der Waals surface area (Å²) < 4.78 is 37.7. The highest BCUT2D eigenvalue weighted by Crippen LogP contribution is 2.18. The summed E-state index contributed by atoms with van der Waals surface area (Å²) in [6.07, 6.45) is -1.73. The summed E-state index contributed by atoms with van der Waals surface area (Å²) in [7, 11) is 0. The zero-order valence-corrected chi connectivity index (χ0v) is 8.64. The molecular weight excluding hydrogens is 205 g/mol. The van der Waals surface area contributed by atoms with Gasteiger partial charge in [0.25, 0.3) is 0 Å². The van der Waals surface area contributed by atoms with Gasteiger partial charge in [0.05, 0.1) is 0 Å². The summed E-state index contributed by atoms with van der Waals surface area (Å²) in [5.74, 6) is 0. The first kappa shape index (κ1) is 12.1. The van der Waals surface area contributed by atoms with Crippen LogP contribution in [-0.2, 0) is 13.1 Å². The number of nitrogens with zero attached hydrogens (tertiary/aromatic N) is 1. The van der Waals surface area contributed by atoms with Crippen LogP contribution in [0.3, 0.4) is 0 Å². The first-order valence-electron chi connectivity index (χ1n) is 4.94. The van der Waals surface area contributed by atoms with Gasteiger partial charge in [-0.25, -0.2) is 0 Å². The molecule has 1 aromatic heterocycles. The molecule has 0 bridgehead atoms. The number of alkyl halides is 3. The second-order valence-electron chi connectivity index (χ2n) is 3.42. The van der Waals surface area contributed by atoms with Gasteiger partial charge in [0.2, 0.25) is 0 Å². The average Bonchev–Trinajstić information content (AvgIpc) is 2.50. The first-order valence-corrected chi connectivity index (χ1v) is 4.94. The monoisotopic (exact) mass is 220 g/mol. The lowest BCUT2D eigenvalue weighted by molar-refractivity contribution is -0.140. The van der Waals surface area contributed by atoms with Gasteiger partial charge in [-0.3, -0.25) is 0 Å². The maximum Gasteiger partial charge on any atom is 0.406 e. The van der Waals surface area contributed by atoms with E-state index in [1.54, 1.807) is 12.1 Å². The highest BCUT2D eigenvalue weighted by Gasteiger charge is 2.28. The van der Waals surface area contributed by atoms with Crippen molar-refractivity contribution in [2.45, 2.75) is 32.6 Å². The second-order valence-corrected chi connectivity index (χ2v) is 3.42. The molecule has 0 amide bonds. The molecule has 0 aliphatic carbocycles. The van der Waals surface area contributed by atoms with E-state index in [0.717, 1.165) is 13.0 Å². The summed E-state index contributed by atoms with van der Waals surface area (Å²) >= 11 is 0. The smallest absolute Gasteiger partial charge is 0.341 e. The Morgan fingerprint density at radius 1 is 1.40 bits per heavy atom. The van der Waals surface area contributed by atoms with Crippen molar-refractivity contribution in [3.05, 3.63) is 24.0 Å². The summed E-state index contributed by atoms with van der Waals surface area (Å²) in [5, 5.41) is 3.08. The molecular formula is C10H15F3N2. The molecule has 0 aromatic carbocycles. The number of halogens is 3. The van der Waals surface area contributed by atoms with Crippen LogP contribution in [0.1, 0.15) is 19.0 Å². The standard InChI is InChI=1S/C10H15F3N2/c1-2-5-14-7-9-4-3-6-15(9)8-10(11,12)13/h3-4,6,14H,2,5,7-8H2,1H3. The molecule has 1 N–H and O–H groups in total. The van der Waals surface area contributed by atoms with Crippen LogP contribution in [-0.4, -0.2) is 17.3 Å². The fourth-order valence-electron chi connectivity index (χ4n) is 1.35. The van der Waals surface area contributed by atoms with Gasteiger partial charge in [-0.1, -0.05) is 6.92 Å². The summed E-state index contributed by atoms with van der Waals surface area (Å²) in [6, 6.07) is 3.34. The quantitative estimate of drug-likeness (QED) is 0.754. The highest BCUT2D eigenvalue weighted by atomic mass is 19.4. The first-order chi connectivity index (χ1) is 7.03. The molecule has 1 rings (SSSR count). The van der Waals surface area contributed by atoms with Crippen LogP contribution in [0.5, 0.6) is 0 Å². The third-order valence-corrected chi connectivity index (χ3v) is 2.01. The molecule has 0 spiro atoms. The van der Waals surface area contributed by atoms with Gasteiger partial charge in [0.15, 0.2) is 0 Å². The largest absolute Gasteiger partial charge is 0.406 e. The summed E-state index contributed by atoms with van der Waals surface area (Å²) in [6.45, 7) is 2.40. The second kappa shape index (κ2) is 5.21. The number of nitrogens with one attached hydrogen (secondary N) is 1. The lowest BCUT2D eigenvalue weighted by Gasteiger charge is -2.12. The predicted octanol–water partition coefficient (Wildman–Crippen LogP) is 2.55. The molecule has 0 radical (unpaired) electrons. The molecule has 0 fully saturated rings. The maximum absolute atomic E-state index is 12.1. The van der Waals surface area contributed by atoms with E-state index in [-0.39, 0.29) is 0 Å². The molecule has 0 unspecified atom stereocenters. The molecule has 2 nitrogen and oxygen atoms in total. The van der Waals surface area contributed by atoms with Gasteiger partial charge in [-0.15, -0.1) is 0 Å². The van der Waals surface area contributed by atoms with E-state index >= 15 is 0 Å². The molecule has 15 heavy (non-hydrogen) atoms. The lowest BCUT2D eigenvalue weighted by atomic mass is 10.4. The minimum atomic E-state index is -4.15. The third kappa shape index (κ3) is 4.38. The van der Waals surface area contributed by atoms with Gasteiger partial charge < -0.3 is 9.88 Å². The van der Waals surface area contributed by atoms with Crippen molar-refractivity contribution in [3.8, 4) is 0 Å². The Morgan fingerprint density at radius 3 is 2.73 bits per heavy atom. The van der Waals surface area contributed by atoms with E-state index in [1.807, 2.05) is 6.92 Å². The van der Waals surface area contributed by atoms with Gasteiger partial charge in [-0.05, 0) is 25.1 Å². The molecule has 1 aromatic rings. The van der Waals surface area contributed by atoms with Crippen LogP contribution in [0.15, 0.2) is 18.3 Å². The molecule has 5 heteroatoms. The fraction of sp³-hybridized carbons (Fsp3) is 0.600. The van der Waals surface area contributed by atoms with Crippen molar-refractivity contribution in [1.29, 1.82) is 0 Å². The SMILES string of the molecule is CCCNCc1cccn1CC(F)(F)F. The van der Waals surface area contributed by atoms with E-state index in [1.165, 1.54) is 10.8 Å². The lowest BCUT2D eigenvalue weighted by Crippen LogP contribution is -2.22. The molecule has 0 saturated heterocycles. The van der Waals surface area contributed by atoms with Crippen molar-refractivity contribution < 1.29 is 13.2 Å². The van der Waals surface area contributed by atoms with Crippen molar-refractivity contribution in [1.82, 2.24) is 9.88 Å². The number of aromatic nitrogens is 1. The summed E-state index contributed by atoms with van der Waals surface area (Å²) in [4.78, 5) is 0. The molecule has 86 valence electrons. The van der Waals surface area contributed by atoms with Crippen molar-refractivity contribution in [3.63, 3.8) is 0 Å². The number of hydrogen-bond acceptors (Lipinski definition) is 1. The van der Waals surface area contributed by atoms with Gasteiger partial charge in [0, 0.05) is 18.4 Å². The number of hydrogen-bond donors (Lipinski definition) is 1. The van der Waals surface area contributed by atoms with E-state index in [4.69, 9.17) is 0 Å². The van der Waals surface area contributed by atoms with Crippen molar-refractivity contribution in [2.24, 2.45) is 0 Å². The van der Waals surface area contributed by atoms with Gasteiger partial charge in [-0.2, -0.15) is 13.2 Å². The van der Waals surface area contributed by atoms with Crippen LogP contribution in [0.4, 0.5) is 13.2 Å². The Hall–Kier alpha value is -0.970. The molecule has 1 heterocycles. The Morgan fingerprint density at radius 2 is 2.13 bits per heavy atom. The third-order valence-electron chi connectivity index (χ3n) is 2.01. The minimum Gasteiger partial charge on any atom is -0.341 e. The zero-order chi connectivity index (χ0) is 11.3. The maximum atomic E-state index is 12.1. The Labute approximate surface area is 87.1 Å². The zero-order valence-electron chi connectivity index (χ0n) is 8.64. The van der Waals surface area contributed by atoms with E-state index in [0.29, 0.717) is 12.2 Å². The molecule has 0 atom stereocenters. The Kier molecular flexibility index (Phi) is 4.20.